The van der Waals surface area contributed by atoms with Crippen LogP contribution < -0.4 is 5.32 Å². The highest BCUT2D eigenvalue weighted by Crippen LogP contribution is 2.63. The molecule has 3 unspecified atom stereocenters. The molecule has 3 atom stereocenters. The fraction of sp³-hybridized carbons (Fsp3) is 0.458. The van der Waals surface area contributed by atoms with E-state index in [0.717, 1.165) is 34.9 Å². The Morgan fingerprint density at radius 1 is 1.00 bits per heavy atom. The molecule has 1 heterocycles. The van der Waals surface area contributed by atoms with Crippen LogP contribution in [0.25, 0.3) is 5.57 Å². The van der Waals surface area contributed by atoms with Crippen molar-refractivity contribution in [3.8, 4) is 18.2 Å². The Kier molecular flexibility index (Phi) is 3.77. The summed E-state index contributed by atoms with van der Waals surface area (Å²) in [5.74, 6) is 3.64. The summed E-state index contributed by atoms with van der Waals surface area (Å²) in [5.41, 5.74) is 2.01. The van der Waals surface area contributed by atoms with Crippen molar-refractivity contribution in [1.29, 1.82) is 15.8 Å². The number of rotatable bonds is 3. The molecule has 0 saturated heterocycles. The Morgan fingerprint density at radius 3 is 2.14 bits per heavy atom. The zero-order valence-electron chi connectivity index (χ0n) is 16.6. The first-order valence-electron chi connectivity index (χ1n) is 10.2. The molecule has 2 bridgehead atoms. The summed E-state index contributed by atoms with van der Waals surface area (Å²) in [4.78, 5) is 0. The van der Waals surface area contributed by atoms with Gasteiger partial charge in [0.2, 0.25) is 0 Å². The fourth-order valence-electron chi connectivity index (χ4n) is 6.28. The number of allylic oxidation sites excluding steroid dienone is 2. The molecule has 1 aromatic carbocycles. The number of benzene rings is 1. The smallest absolute Gasteiger partial charge is 0.172 e. The maximum Gasteiger partial charge on any atom is 0.172 e. The number of nitrogens with one attached hydrogen (secondary N) is 1. The third-order valence-corrected chi connectivity index (χ3v) is 7.33. The third kappa shape index (κ3) is 2.49. The van der Waals surface area contributed by atoms with Crippen molar-refractivity contribution in [2.75, 3.05) is 5.32 Å². The molecular formula is C24H22N4O. The van der Waals surface area contributed by atoms with Crippen molar-refractivity contribution in [3.63, 3.8) is 0 Å². The summed E-state index contributed by atoms with van der Waals surface area (Å²) in [6, 6.07) is 14.6. The van der Waals surface area contributed by atoms with E-state index in [1.54, 1.807) is 0 Å². The number of fused-ring (bicyclic) bond motifs is 1. The van der Waals surface area contributed by atoms with E-state index in [2.05, 4.69) is 23.5 Å². The highest BCUT2D eigenvalue weighted by molar-refractivity contribution is 5.84. The molecule has 29 heavy (non-hydrogen) atoms. The molecule has 0 spiro atoms. The Bertz CT molecular complexity index is 1050. The highest BCUT2D eigenvalue weighted by Gasteiger charge is 2.60. The molecular weight excluding hydrogens is 360 g/mol. The van der Waals surface area contributed by atoms with Gasteiger partial charge < -0.3 is 10.1 Å². The number of nitrogens with zero attached hydrogens (tertiary/aromatic N) is 3. The topological polar surface area (TPSA) is 92.6 Å². The zero-order chi connectivity index (χ0) is 20.3. The van der Waals surface area contributed by atoms with Gasteiger partial charge in [0.1, 0.15) is 29.4 Å². The van der Waals surface area contributed by atoms with Crippen LogP contribution in [0.4, 0.5) is 5.69 Å². The van der Waals surface area contributed by atoms with Crippen molar-refractivity contribution < 1.29 is 4.74 Å². The largest absolute Gasteiger partial charge is 0.480 e. The van der Waals surface area contributed by atoms with Crippen molar-refractivity contribution in [3.05, 3.63) is 46.7 Å². The van der Waals surface area contributed by atoms with Gasteiger partial charge in [-0.15, -0.1) is 0 Å². The third-order valence-electron chi connectivity index (χ3n) is 7.33. The summed E-state index contributed by atoms with van der Waals surface area (Å²) < 4.78 is 5.88. The second kappa shape index (κ2) is 6.13. The lowest BCUT2D eigenvalue weighted by Gasteiger charge is -2.42. The van der Waals surface area contributed by atoms with Crippen molar-refractivity contribution in [2.45, 2.75) is 44.8 Å². The number of nitriles is 3. The lowest BCUT2D eigenvalue weighted by Crippen LogP contribution is -2.37. The predicted octanol–water partition coefficient (Wildman–Crippen LogP) is 4.53. The molecule has 5 rings (SSSR count). The average Bonchev–Trinajstić information content (AvgIpc) is 3.23. The standard InChI is InChI=1S/C24H22N4O/c1-24(2)21(19(12-27)23(29-24)17(10-25)11-26)13-3-5-18(6-4-13)28-22-16-8-14-7-15(9-16)20(14)22/h3-6,14-16,20,22,28H,7-9H2,1-2H3. The van der Waals surface area contributed by atoms with Gasteiger partial charge in [-0.1, -0.05) is 12.1 Å². The molecule has 1 aromatic rings. The Hall–Kier alpha value is -3.23. The van der Waals surface area contributed by atoms with Gasteiger partial charge in [-0.3, -0.25) is 0 Å². The molecule has 5 nitrogen and oxygen atoms in total. The van der Waals surface area contributed by atoms with Crippen LogP contribution in [0, 0.1) is 57.7 Å². The van der Waals surface area contributed by atoms with Gasteiger partial charge in [-0.25, -0.2) is 0 Å². The van der Waals surface area contributed by atoms with Crippen molar-refractivity contribution in [2.24, 2.45) is 23.7 Å². The zero-order valence-corrected chi connectivity index (χ0v) is 16.6. The second-order valence-electron chi connectivity index (χ2n) is 9.21. The molecule has 1 N–H and O–H groups in total. The number of hydrogen-bond donors (Lipinski definition) is 1. The molecule has 144 valence electrons. The Morgan fingerprint density at radius 2 is 1.62 bits per heavy atom. The van der Waals surface area contributed by atoms with Gasteiger partial charge in [0.05, 0.1) is 0 Å². The van der Waals surface area contributed by atoms with Gasteiger partial charge in [-0.2, -0.15) is 15.8 Å². The number of anilines is 1. The van der Waals surface area contributed by atoms with E-state index < -0.39 is 5.60 Å². The van der Waals surface area contributed by atoms with Gasteiger partial charge in [0.25, 0.3) is 0 Å². The van der Waals surface area contributed by atoms with Gasteiger partial charge >= 0.3 is 0 Å². The lowest BCUT2D eigenvalue weighted by molar-refractivity contribution is 0.0822. The van der Waals surface area contributed by atoms with E-state index in [9.17, 15) is 15.8 Å². The van der Waals surface area contributed by atoms with Crippen LogP contribution in [-0.4, -0.2) is 11.6 Å². The maximum atomic E-state index is 9.73. The minimum Gasteiger partial charge on any atom is -0.480 e. The van der Waals surface area contributed by atoms with Crippen LogP contribution in [0.3, 0.4) is 0 Å². The summed E-state index contributed by atoms with van der Waals surface area (Å²) in [6.07, 6.45) is 4.20. The monoisotopic (exact) mass is 382 g/mol. The molecule has 4 aliphatic rings. The van der Waals surface area contributed by atoms with Crippen LogP contribution >= 0.6 is 0 Å². The fourth-order valence-corrected chi connectivity index (χ4v) is 6.28. The van der Waals surface area contributed by atoms with Crippen LogP contribution in [0.2, 0.25) is 0 Å². The highest BCUT2D eigenvalue weighted by atomic mass is 16.5. The molecule has 0 amide bonds. The molecule has 5 heteroatoms. The minimum absolute atomic E-state index is 0.0847. The van der Waals surface area contributed by atoms with Gasteiger partial charge in [0.15, 0.2) is 11.3 Å². The van der Waals surface area contributed by atoms with Crippen LogP contribution in [0.1, 0.15) is 38.7 Å². The molecule has 1 aliphatic heterocycles. The quantitative estimate of drug-likeness (QED) is 0.775. The predicted molar refractivity (Wildman–Crippen MR) is 108 cm³/mol. The second-order valence-corrected chi connectivity index (χ2v) is 9.21. The molecule has 0 radical (unpaired) electrons. The van der Waals surface area contributed by atoms with Gasteiger partial charge in [-0.05, 0) is 74.5 Å². The number of hydrogen-bond acceptors (Lipinski definition) is 5. The van der Waals surface area contributed by atoms with Crippen LogP contribution in [-0.2, 0) is 4.74 Å². The first-order valence-corrected chi connectivity index (χ1v) is 10.2. The Labute approximate surface area is 170 Å². The summed E-state index contributed by atoms with van der Waals surface area (Å²) in [5, 5.41) is 31.9. The van der Waals surface area contributed by atoms with E-state index in [1.807, 2.05) is 38.1 Å². The molecule has 3 aliphatic carbocycles. The number of ether oxygens (including phenoxy) is 1. The minimum atomic E-state index is -0.792. The Balaban J connectivity index is 1.45. The van der Waals surface area contributed by atoms with Gasteiger partial charge in [0, 0.05) is 17.3 Å². The SMILES string of the molecule is CC1(C)OC(=C(C#N)C#N)C(C#N)=C1c1ccc(NC2C3CC4CC(C3)C42)cc1. The van der Waals surface area contributed by atoms with Crippen LogP contribution in [0.5, 0.6) is 0 Å². The van der Waals surface area contributed by atoms with E-state index in [1.165, 1.54) is 19.3 Å². The molecule has 0 aromatic heterocycles. The molecule has 3 fully saturated rings. The van der Waals surface area contributed by atoms with Crippen molar-refractivity contribution in [1.82, 2.24) is 0 Å². The molecule has 3 saturated carbocycles. The van der Waals surface area contributed by atoms with E-state index in [-0.39, 0.29) is 16.9 Å². The first-order chi connectivity index (χ1) is 14.0. The van der Waals surface area contributed by atoms with E-state index >= 15 is 0 Å². The summed E-state index contributed by atoms with van der Waals surface area (Å²) in [6.45, 7) is 3.71. The average molecular weight is 382 g/mol. The van der Waals surface area contributed by atoms with E-state index in [0.29, 0.717) is 11.6 Å². The lowest BCUT2D eigenvalue weighted by atomic mass is 9.64. The van der Waals surface area contributed by atoms with Crippen molar-refractivity contribution >= 4 is 11.3 Å². The summed E-state index contributed by atoms with van der Waals surface area (Å²) >= 11 is 0. The van der Waals surface area contributed by atoms with E-state index in [4.69, 9.17) is 4.74 Å². The van der Waals surface area contributed by atoms with Crippen LogP contribution in [0.15, 0.2) is 41.2 Å². The first kappa shape index (κ1) is 17.8. The maximum absolute atomic E-state index is 9.73. The normalized spacial score (nSPS) is 32.7. The summed E-state index contributed by atoms with van der Waals surface area (Å²) in [7, 11) is 0.